The molecular formula is C34H26BrP. The van der Waals surface area contributed by atoms with Crippen LogP contribution in [0.3, 0.4) is 0 Å². The Balaban J connectivity index is 1.83. The van der Waals surface area contributed by atoms with Gasteiger partial charge in [-0.1, -0.05) is 0 Å². The third-order valence-corrected chi connectivity index (χ3v) is 17.1. The quantitative estimate of drug-likeness (QED) is 0.193. The van der Waals surface area contributed by atoms with Crippen LogP contribution < -0.4 is 21.2 Å². The molecule has 36 heavy (non-hydrogen) atoms. The molecule has 0 saturated heterocycles. The van der Waals surface area contributed by atoms with E-state index in [4.69, 9.17) is 0 Å². The fourth-order valence-electron chi connectivity index (χ4n) is 5.52. The summed E-state index contributed by atoms with van der Waals surface area (Å²) in [5, 5.41) is 4.34. The molecule has 0 amide bonds. The molecule has 174 valence electrons. The first-order valence-corrected chi connectivity index (χ1v) is 16.4. The molecular weight excluding hydrogens is 519 g/mol. The van der Waals surface area contributed by atoms with E-state index in [1.54, 1.807) is 0 Å². The Kier molecular flexibility index (Phi) is 5.84. The molecule has 6 rings (SSSR count). The van der Waals surface area contributed by atoms with Gasteiger partial charge in [0, 0.05) is 0 Å². The summed E-state index contributed by atoms with van der Waals surface area (Å²) in [5.41, 5.74) is 2.50. The molecule has 0 aliphatic rings. The minimum atomic E-state index is -3.33. The van der Waals surface area contributed by atoms with Crippen LogP contribution in [0.5, 0.6) is 0 Å². The zero-order valence-corrected chi connectivity index (χ0v) is 22.3. The molecule has 0 nitrogen and oxygen atoms in total. The second-order valence-corrected chi connectivity index (χ2v) is 17.4. The third kappa shape index (κ3) is 3.39. The van der Waals surface area contributed by atoms with Gasteiger partial charge in [-0.05, 0) is 0 Å². The van der Waals surface area contributed by atoms with E-state index in [0.29, 0.717) is 0 Å². The summed E-state index contributed by atoms with van der Waals surface area (Å²) in [7, 11) is 0. The van der Waals surface area contributed by atoms with Gasteiger partial charge in [-0.25, -0.2) is 0 Å². The van der Waals surface area contributed by atoms with E-state index in [0.717, 1.165) is 0 Å². The fourth-order valence-corrected chi connectivity index (χ4v) is 13.5. The molecule has 0 atom stereocenters. The maximum absolute atomic E-state index is 4.67. The van der Waals surface area contributed by atoms with Crippen LogP contribution in [0.15, 0.2) is 158 Å². The molecule has 0 saturated carbocycles. The van der Waals surface area contributed by atoms with Crippen molar-refractivity contribution >= 4 is 52.8 Å². The second-order valence-electron chi connectivity index (χ2n) is 9.06. The minimum absolute atomic E-state index is 1.25. The zero-order chi connectivity index (χ0) is 24.5. The number of halogens is 1. The van der Waals surface area contributed by atoms with Crippen molar-refractivity contribution in [3.8, 4) is 11.1 Å². The van der Waals surface area contributed by atoms with E-state index < -0.39 is 5.31 Å². The van der Waals surface area contributed by atoms with Gasteiger partial charge >= 0.3 is 222 Å². The van der Waals surface area contributed by atoms with Crippen molar-refractivity contribution in [1.29, 1.82) is 0 Å². The van der Waals surface area contributed by atoms with E-state index in [1.807, 2.05) is 0 Å². The molecule has 2 heteroatoms. The van der Waals surface area contributed by atoms with Crippen LogP contribution in [0.4, 0.5) is 0 Å². The van der Waals surface area contributed by atoms with Crippen molar-refractivity contribution in [2.75, 3.05) is 0 Å². The monoisotopic (exact) mass is 544 g/mol. The van der Waals surface area contributed by atoms with E-state index in [-0.39, 0.29) is 0 Å². The molecule has 0 bridgehead atoms. The molecule has 0 aliphatic heterocycles. The van der Waals surface area contributed by atoms with Crippen LogP contribution >= 0.6 is 20.8 Å². The van der Waals surface area contributed by atoms with E-state index in [1.165, 1.54) is 43.1 Å². The van der Waals surface area contributed by atoms with E-state index in [9.17, 15) is 0 Å². The second kappa shape index (κ2) is 9.17. The van der Waals surface area contributed by atoms with Crippen LogP contribution in [0.1, 0.15) is 0 Å². The average Bonchev–Trinajstić information content (AvgIpc) is 2.98. The van der Waals surface area contributed by atoms with Gasteiger partial charge in [0.25, 0.3) is 0 Å². The number of benzene rings is 6. The first-order valence-electron chi connectivity index (χ1n) is 12.2. The van der Waals surface area contributed by atoms with Crippen LogP contribution in [-0.2, 0) is 0 Å². The topological polar surface area (TPSA) is 0 Å². The van der Waals surface area contributed by atoms with Gasteiger partial charge in [-0.3, -0.25) is 0 Å². The predicted molar refractivity (Wildman–Crippen MR) is 163 cm³/mol. The van der Waals surface area contributed by atoms with Crippen LogP contribution in [0, 0.1) is 0 Å². The van der Waals surface area contributed by atoms with Gasteiger partial charge < -0.3 is 0 Å². The van der Waals surface area contributed by atoms with E-state index >= 15 is 0 Å². The van der Waals surface area contributed by atoms with Crippen LogP contribution in [-0.4, -0.2) is 0 Å². The third-order valence-electron chi connectivity index (χ3n) is 7.16. The molecule has 0 unspecified atom stereocenters. The maximum atomic E-state index is 4.67. The first-order chi connectivity index (χ1) is 17.7. The first kappa shape index (κ1) is 22.9. The number of rotatable bonds is 5. The Hall–Kier alpha value is -3.51. The van der Waals surface area contributed by atoms with Crippen molar-refractivity contribution in [3.63, 3.8) is 0 Å². The number of hydrogen-bond donors (Lipinski definition) is 0. The molecule has 6 aromatic rings. The van der Waals surface area contributed by atoms with Gasteiger partial charge in [-0.2, -0.15) is 0 Å². The van der Waals surface area contributed by atoms with Crippen molar-refractivity contribution in [3.05, 3.63) is 158 Å². The Morgan fingerprint density at radius 1 is 0.361 bits per heavy atom. The summed E-state index contributed by atoms with van der Waals surface area (Å²) < 4.78 is 0. The zero-order valence-electron chi connectivity index (χ0n) is 19.8. The number of hydrogen-bond acceptors (Lipinski definition) is 0. The van der Waals surface area contributed by atoms with Crippen molar-refractivity contribution in [1.82, 2.24) is 0 Å². The summed E-state index contributed by atoms with van der Waals surface area (Å²) >= 11 is 4.67. The number of fused-ring (bicyclic) bond motifs is 1. The standard InChI is InChI=1S/C34H26BrP/c35-36(28-17-4-1-5-18-28,29-19-6-2-7-20-29,30-21-8-3-9-22-30)34-26-13-12-24-33(34)32-25-14-16-27-15-10-11-23-31(27)32/h1-26H. The Morgan fingerprint density at radius 2 is 0.778 bits per heavy atom. The average molecular weight is 545 g/mol. The van der Waals surface area contributed by atoms with Crippen LogP contribution in [0.2, 0.25) is 0 Å². The molecule has 0 radical (unpaired) electrons. The van der Waals surface area contributed by atoms with Crippen LogP contribution in [0.25, 0.3) is 21.9 Å². The molecule has 6 aromatic carbocycles. The summed E-state index contributed by atoms with van der Waals surface area (Å²) in [5.74, 6) is 0. The normalized spacial score (nSPS) is 12.6. The summed E-state index contributed by atoms with van der Waals surface area (Å²) in [6, 6.07) is 57.2. The molecule has 0 heterocycles. The molecule has 0 fully saturated rings. The van der Waals surface area contributed by atoms with Gasteiger partial charge in [0.1, 0.15) is 0 Å². The van der Waals surface area contributed by atoms with Crippen molar-refractivity contribution in [2.24, 2.45) is 0 Å². The SMILES string of the molecule is BrP(c1ccccc1)(c1ccccc1)(c1ccccc1)c1ccccc1-c1cccc2ccccc12. The Labute approximate surface area is 220 Å². The summed E-state index contributed by atoms with van der Waals surface area (Å²) in [6.45, 7) is 0. The van der Waals surface area contributed by atoms with Gasteiger partial charge in [-0.15, -0.1) is 0 Å². The summed E-state index contributed by atoms with van der Waals surface area (Å²) in [4.78, 5) is 0. The molecule has 0 spiro atoms. The Bertz CT molecular complexity index is 1540. The molecule has 0 aromatic heterocycles. The van der Waals surface area contributed by atoms with E-state index in [2.05, 4.69) is 173 Å². The van der Waals surface area contributed by atoms with Crippen molar-refractivity contribution < 1.29 is 0 Å². The van der Waals surface area contributed by atoms with Crippen molar-refractivity contribution in [2.45, 2.75) is 0 Å². The molecule has 0 N–H and O–H groups in total. The summed E-state index contributed by atoms with van der Waals surface area (Å²) in [6.07, 6.45) is 0. The predicted octanol–water partition coefficient (Wildman–Crippen LogP) is 7.97. The molecule has 0 aliphatic carbocycles. The van der Waals surface area contributed by atoms with Gasteiger partial charge in [0.15, 0.2) is 0 Å². The van der Waals surface area contributed by atoms with Gasteiger partial charge in [0.05, 0.1) is 0 Å². The Morgan fingerprint density at radius 3 is 1.36 bits per heavy atom. The fraction of sp³-hybridized carbons (Fsp3) is 0. The van der Waals surface area contributed by atoms with Gasteiger partial charge in [0.2, 0.25) is 0 Å².